The Bertz CT molecular complexity index is 4330. The summed E-state index contributed by atoms with van der Waals surface area (Å²) in [5.41, 5.74) is 8.39. The molecule has 6 aromatic carbocycles. The lowest BCUT2D eigenvalue weighted by molar-refractivity contribution is 0.157. The van der Waals surface area contributed by atoms with E-state index < -0.39 is 0 Å². The highest BCUT2D eigenvalue weighted by Crippen LogP contribution is 2.45. The molecule has 3 aliphatic heterocycles. The summed E-state index contributed by atoms with van der Waals surface area (Å²) in [6.45, 7) is 10.5. The summed E-state index contributed by atoms with van der Waals surface area (Å²) in [5.74, 6) is 8.18. The molecule has 534 valence electrons. The molecular weight excluding hydrogens is 1320 g/mol. The third-order valence-corrected chi connectivity index (χ3v) is 19.2. The maximum atomic E-state index is 9.81. The van der Waals surface area contributed by atoms with Crippen molar-refractivity contribution in [3.8, 4) is 81.5 Å². The number of pyridine rings is 3. The SMILES string of the molecule is COc1cc2c(Nc3cc(OC)c(OC)c(OC)c3)c(C#N)cnc2cc1OCC1CCN(C)CC1.COc1ccc(C)c(Nc2c(C#N)cnc3cc(OCC4CCN(C)CC4)c(OC)cc23)c1.COc1ccc(Cl)c(Nc2c(C#N)cnc3cc(OCC4CCN(C)CC4)c(OC)cc23)c1. The van der Waals surface area contributed by atoms with Crippen molar-refractivity contribution in [3.63, 3.8) is 0 Å². The average molecular weight is 1410 g/mol. The highest BCUT2D eigenvalue weighted by atomic mass is 35.5. The first-order chi connectivity index (χ1) is 49.5. The molecule has 23 nitrogen and oxygen atoms in total. The smallest absolute Gasteiger partial charge is 0.203 e. The van der Waals surface area contributed by atoms with E-state index in [4.69, 9.17) is 63.7 Å². The van der Waals surface area contributed by atoms with Gasteiger partial charge in [-0.3, -0.25) is 15.0 Å². The number of ether oxygens (including phenoxy) is 11. The van der Waals surface area contributed by atoms with Crippen molar-refractivity contribution in [1.82, 2.24) is 29.7 Å². The standard InChI is InChI=1S/C27H32N4O5.C26H30N4O3.C25H27ClN4O3/c1-31-8-6-17(7-9-31)16-36-23-13-21-20(12-22(23)32-2)26(18(14-28)15-29-21)30-19-10-24(33-3)27(35-5)25(11-19)34-4;1-17-5-6-20(31-3)11-22(17)29-26-19(14-27)15-28-23-13-25(24(32-4)12-21(23)26)33-16-18-7-9-30(2)10-8-18;1-30-8-6-16(7-9-30)15-33-24-12-21-19(11-23(24)32-3)25(17(13-27)14-28-21)29-22-10-18(31-2)4-5-20(22)26/h10-13,15,17H,6-9,16H2,1-5H3,(H,29,30);5-6,11-13,15,18H,7-10,16H2,1-4H3,(H,28,29);4-5,10-12,14,16H,6-9,15H2,1-3H3,(H,28,29). The zero-order valence-electron chi connectivity index (χ0n) is 60.0. The summed E-state index contributed by atoms with van der Waals surface area (Å²) in [7, 11) is 19.2. The number of hydrogen-bond donors (Lipinski definition) is 3. The number of aromatic nitrogens is 3. The summed E-state index contributed by atoms with van der Waals surface area (Å²) in [6, 6.07) is 32.6. The molecule has 0 aliphatic carbocycles. The van der Waals surface area contributed by atoms with Gasteiger partial charge in [0.2, 0.25) is 5.75 Å². The zero-order chi connectivity index (χ0) is 72.4. The normalized spacial score (nSPS) is 14.5. The van der Waals surface area contributed by atoms with Gasteiger partial charge in [0.25, 0.3) is 0 Å². The van der Waals surface area contributed by atoms with Crippen molar-refractivity contribution in [2.75, 3.05) is 153 Å². The van der Waals surface area contributed by atoms with Gasteiger partial charge in [0.1, 0.15) is 29.7 Å². The fourth-order valence-corrected chi connectivity index (χ4v) is 12.7. The van der Waals surface area contributed by atoms with E-state index in [1.54, 1.807) is 106 Å². The molecule has 6 heterocycles. The van der Waals surface area contributed by atoms with Gasteiger partial charge in [-0.25, -0.2) is 0 Å². The Morgan fingerprint density at radius 3 is 1.10 bits per heavy atom. The maximum Gasteiger partial charge on any atom is 0.203 e. The number of nitrogens with zero attached hydrogens (tertiary/aromatic N) is 9. The number of halogens is 1. The van der Waals surface area contributed by atoms with Crippen LogP contribution in [0, 0.1) is 58.7 Å². The van der Waals surface area contributed by atoms with Crippen molar-refractivity contribution in [3.05, 3.63) is 131 Å². The van der Waals surface area contributed by atoms with Crippen LogP contribution in [0.3, 0.4) is 0 Å². The monoisotopic (exact) mass is 1400 g/mol. The minimum absolute atomic E-state index is 0.387. The number of rotatable bonds is 23. The van der Waals surface area contributed by atoms with Crippen LogP contribution in [0.1, 0.15) is 60.8 Å². The second kappa shape index (κ2) is 35.1. The van der Waals surface area contributed by atoms with Gasteiger partial charge in [-0.1, -0.05) is 17.7 Å². The van der Waals surface area contributed by atoms with Crippen LogP contribution >= 0.6 is 11.6 Å². The number of anilines is 6. The molecule has 0 atom stereocenters. The molecule has 0 saturated carbocycles. The molecule has 0 spiro atoms. The van der Waals surface area contributed by atoms with Gasteiger partial charge in [-0.15, -0.1) is 0 Å². The highest BCUT2D eigenvalue weighted by molar-refractivity contribution is 6.33. The lowest BCUT2D eigenvalue weighted by atomic mass is 9.98. The van der Waals surface area contributed by atoms with Gasteiger partial charge >= 0.3 is 0 Å². The van der Waals surface area contributed by atoms with Gasteiger partial charge in [0, 0.05) is 88.6 Å². The number of nitriles is 3. The fraction of sp³-hybridized carbons (Fsp3) is 0.385. The van der Waals surface area contributed by atoms with Crippen LogP contribution < -0.4 is 68.1 Å². The van der Waals surface area contributed by atoms with Gasteiger partial charge in [-0.05, 0) is 166 Å². The Morgan fingerprint density at radius 2 is 0.755 bits per heavy atom. The van der Waals surface area contributed by atoms with E-state index in [1.165, 1.54) is 0 Å². The molecule has 102 heavy (non-hydrogen) atoms. The summed E-state index contributed by atoms with van der Waals surface area (Å²) in [6.07, 6.45) is 11.4. The lowest BCUT2D eigenvalue weighted by Crippen LogP contribution is -2.32. The summed E-state index contributed by atoms with van der Waals surface area (Å²) >= 11 is 6.39. The first kappa shape index (κ1) is 74.1. The van der Waals surface area contributed by atoms with E-state index in [0.29, 0.717) is 156 Å². The van der Waals surface area contributed by atoms with Gasteiger partial charge in [-0.2, -0.15) is 15.8 Å². The van der Waals surface area contributed by atoms with Gasteiger partial charge in [0.15, 0.2) is 46.0 Å². The minimum Gasteiger partial charge on any atom is -0.497 e. The molecule has 3 saturated heterocycles. The Kier molecular flexibility index (Phi) is 25.5. The number of nitrogens with one attached hydrogen (secondary N) is 3. The quantitative estimate of drug-likeness (QED) is 0.0538. The number of hydrogen-bond acceptors (Lipinski definition) is 23. The topological polar surface area (TPSA) is 257 Å². The first-order valence-corrected chi connectivity index (χ1v) is 34.2. The molecule has 3 aromatic heterocycles. The Labute approximate surface area is 601 Å². The first-order valence-electron chi connectivity index (χ1n) is 33.8. The van der Waals surface area contributed by atoms with Crippen molar-refractivity contribution in [1.29, 1.82) is 15.8 Å². The third-order valence-electron chi connectivity index (χ3n) is 18.8. The number of piperidine rings is 3. The second-order valence-electron chi connectivity index (χ2n) is 25.5. The molecule has 0 radical (unpaired) electrons. The van der Waals surface area contributed by atoms with Crippen molar-refractivity contribution < 1.29 is 52.1 Å². The molecule has 0 bridgehead atoms. The number of methoxy groups -OCH3 is 8. The minimum atomic E-state index is 0.387. The maximum absolute atomic E-state index is 9.81. The molecule has 3 N–H and O–H groups in total. The predicted octanol–water partition coefficient (Wildman–Crippen LogP) is 14.7. The van der Waals surface area contributed by atoms with Gasteiger partial charge < -0.3 is 82.8 Å². The Hall–Kier alpha value is -10.6. The number of benzene rings is 6. The molecule has 12 rings (SSSR count). The summed E-state index contributed by atoms with van der Waals surface area (Å²) in [4.78, 5) is 20.6. The zero-order valence-corrected chi connectivity index (χ0v) is 60.8. The largest absolute Gasteiger partial charge is 0.497 e. The van der Waals surface area contributed by atoms with Crippen LogP contribution in [-0.2, 0) is 0 Å². The van der Waals surface area contributed by atoms with Crippen LogP contribution in [-0.4, -0.2) is 167 Å². The van der Waals surface area contributed by atoms with E-state index in [9.17, 15) is 15.8 Å². The molecular formula is C78H89ClN12O11. The predicted molar refractivity (Wildman–Crippen MR) is 398 cm³/mol. The van der Waals surface area contributed by atoms with E-state index in [1.807, 2.05) is 61.5 Å². The van der Waals surface area contributed by atoms with Gasteiger partial charge in [0.05, 0.1) is 138 Å². The van der Waals surface area contributed by atoms with E-state index in [-0.39, 0.29) is 0 Å². The molecule has 9 aromatic rings. The molecule has 0 amide bonds. The molecule has 24 heteroatoms. The van der Waals surface area contributed by atoms with Crippen molar-refractivity contribution in [2.45, 2.75) is 45.4 Å². The Morgan fingerprint density at radius 1 is 0.412 bits per heavy atom. The molecule has 3 fully saturated rings. The fourth-order valence-electron chi connectivity index (χ4n) is 12.5. The lowest BCUT2D eigenvalue weighted by Gasteiger charge is -2.28. The molecule has 3 aliphatic rings. The summed E-state index contributed by atoms with van der Waals surface area (Å²) in [5, 5.41) is 42.1. The average Bonchev–Trinajstić information content (AvgIpc) is 0.789. The van der Waals surface area contributed by atoms with Crippen LogP contribution in [0.2, 0.25) is 5.02 Å². The number of aryl methyl sites for hydroxylation is 1. The van der Waals surface area contributed by atoms with Crippen LogP contribution in [0.15, 0.2) is 104 Å². The third kappa shape index (κ3) is 17.9. The second-order valence-corrected chi connectivity index (χ2v) is 25.9. The van der Waals surface area contributed by atoms with E-state index >= 15 is 0 Å². The Balaban J connectivity index is 0.000000165. The number of likely N-dealkylation sites (tertiary alicyclic amines) is 3. The van der Waals surface area contributed by atoms with Crippen LogP contribution in [0.4, 0.5) is 34.1 Å². The summed E-state index contributed by atoms with van der Waals surface area (Å²) < 4.78 is 62.6. The van der Waals surface area contributed by atoms with Crippen LogP contribution in [0.5, 0.6) is 63.2 Å². The van der Waals surface area contributed by atoms with E-state index in [2.05, 4.69) is 85.0 Å². The highest BCUT2D eigenvalue weighted by Gasteiger charge is 2.25. The van der Waals surface area contributed by atoms with Crippen LogP contribution in [0.25, 0.3) is 32.7 Å². The van der Waals surface area contributed by atoms with E-state index in [0.717, 1.165) is 116 Å². The van der Waals surface area contributed by atoms with Crippen molar-refractivity contribution in [2.24, 2.45) is 17.8 Å². The number of fused-ring (bicyclic) bond motifs is 3. The molecule has 0 unspecified atom stereocenters. The van der Waals surface area contributed by atoms with Crippen molar-refractivity contribution >= 4 is 78.4 Å².